The summed E-state index contributed by atoms with van der Waals surface area (Å²) >= 11 is 0. The van der Waals surface area contributed by atoms with Crippen molar-refractivity contribution in [1.29, 1.82) is 0 Å². The number of nitrogens with zero attached hydrogens (tertiary/aromatic N) is 9. The molecule has 77 heavy (non-hydrogen) atoms. The van der Waals surface area contributed by atoms with Crippen LogP contribution in [0.3, 0.4) is 0 Å². The number of aromatic amines is 1. The number of halogens is 1. The summed E-state index contributed by atoms with van der Waals surface area (Å²) in [6.45, 7) is 17.8. The summed E-state index contributed by atoms with van der Waals surface area (Å²) in [6.07, 6.45) is 5.01. The molecule has 0 spiro atoms. The van der Waals surface area contributed by atoms with Gasteiger partial charge in [-0.15, -0.1) is 4.36 Å². The van der Waals surface area contributed by atoms with E-state index in [0.717, 1.165) is 29.3 Å². The number of carbonyl (C=O) groups is 3. The van der Waals surface area contributed by atoms with Gasteiger partial charge in [0.25, 0.3) is 11.8 Å². The van der Waals surface area contributed by atoms with Crippen molar-refractivity contribution in [3.05, 3.63) is 145 Å². The van der Waals surface area contributed by atoms with Gasteiger partial charge >= 0.3 is 17.5 Å². The van der Waals surface area contributed by atoms with E-state index in [1.54, 1.807) is 97.9 Å². The Morgan fingerprint density at radius 2 is 1.58 bits per heavy atom. The summed E-state index contributed by atoms with van der Waals surface area (Å²) in [5, 5.41) is 10.2. The fourth-order valence-corrected chi connectivity index (χ4v) is 13.5. The van der Waals surface area contributed by atoms with Gasteiger partial charge in [0.15, 0.2) is 5.82 Å². The lowest BCUT2D eigenvalue weighted by Gasteiger charge is -2.35. The van der Waals surface area contributed by atoms with Crippen molar-refractivity contribution in [3.8, 4) is 17.2 Å². The van der Waals surface area contributed by atoms with Crippen molar-refractivity contribution in [1.82, 2.24) is 43.4 Å². The summed E-state index contributed by atoms with van der Waals surface area (Å²) in [7, 11) is -2.90. The molecule has 4 aromatic heterocycles. The summed E-state index contributed by atoms with van der Waals surface area (Å²) in [5.74, 6) is -0.600. The lowest BCUT2D eigenvalue weighted by molar-refractivity contribution is -0.0592. The minimum atomic E-state index is -2.90. The first-order valence-corrected chi connectivity index (χ1v) is 28.0. The van der Waals surface area contributed by atoms with E-state index in [9.17, 15) is 23.4 Å². The first-order chi connectivity index (χ1) is 36.4. The average molecular weight is 1070 g/mol. The fraction of sp³-hybridized carbons (Fsp3) is 0.446. The predicted molar refractivity (Wildman–Crippen MR) is 285 cm³/mol. The number of carbonyl (C=O) groups excluding carboxylic acids is 3. The molecular formula is C56H63FN10O9S. The number of amides is 3. The van der Waals surface area contributed by atoms with E-state index < -0.39 is 44.4 Å². The van der Waals surface area contributed by atoms with Crippen molar-refractivity contribution in [2.75, 3.05) is 37.7 Å². The zero-order valence-corrected chi connectivity index (χ0v) is 45.5. The molecule has 3 aromatic carbocycles. The van der Waals surface area contributed by atoms with Crippen molar-refractivity contribution >= 4 is 38.5 Å². The molecule has 404 valence electrons. The second-order valence-electron chi connectivity index (χ2n) is 22.8. The maximum absolute atomic E-state index is 15.7. The molecule has 19 nitrogen and oxygen atoms in total. The molecule has 3 fully saturated rings. The molecule has 3 amide bonds. The van der Waals surface area contributed by atoms with Gasteiger partial charge in [0.05, 0.1) is 49.9 Å². The Hall–Kier alpha value is -7.39. The molecule has 21 heteroatoms. The van der Waals surface area contributed by atoms with Crippen LogP contribution in [0.25, 0.3) is 28.1 Å². The van der Waals surface area contributed by atoms with Gasteiger partial charge in [-0.25, -0.2) is 27.7 Å². The number of ether oxygens (including phenoxy) is 2. The Balaban J connectivity index is 0.944. The number of hydrogen-bond acceptors (Lipinski definition) is 11. The third kappa shape index (κ3) is 9.23. The van der Waals surface area contributed by atoms with E-state index >= 15 is 9.18 Å². The zero-order chi connectivity index (χ0) is 54.7. The maximum atomic E-state index is 15.7. The third-order valence-electron chi connectivity index (χ3n) is 15.8. The van der Waals surface area contributed by atoms with Crippen LogP contribution in [0.2, 0.25) is 0 Å². The van der Waals surface area contributed by atoms with Crippen LogP contribution < -0.4 is 11.4 Å². The van der Waals surface area contributed by atoms with E-state index in [-0.39, 0.29) is 66.2 Å². The van der Waals surface area contributed by atoms with Gasteiger partial charge in [-0.1, -0.05) is 18.1 Å². The lowest BCUT2D eigenvalue weighted by Crippen LogP contribution is -2.44. The van der Waals surface area contributed by atoms with Gasteiger partial charge in [-0.05, 0) is 158 Å². The molecule has 3 aliphatic heterocycles. The third-order valence-corrected chi connectivity index (χ3v) is 17.9. The second-order valence-corrected chi connectivity index (χ2v) is 25.3. The highest BCUT2D eigenvalue weighted by Gasteiger charge is 2.59. The zero-order valence-electron chi connectivity index (χ0n) is 44.7. The van der Waals surface area contributed by atoms with Crippen molar-refractivity contribution in [2.45, 2.75) is 117 Å². The Morgan fingerprint density at radius 3 is 2.22 bits per heavy atom. The quantitative estimate of drug-likeness (QED) is 0.153. The fourth-order valence-electron chi connectivity index (χ4n) is 11.8. The van der Waals surface area contributed by atoms with Crippen LogP contribution in [0.1, 0.15) is 134 Å². The number of aromatic nitrogens is 7. The van der Waals surface area contributed by atoms with Crippen LogP contribution in [0.5, 0.6) is 0 Å². The second kappa shape index (κ2) is 18.7. The van der Waals surface area contributed by atoms with Gasteiger partial charge in [0.1, 0.15) is 28.5 Å². The van der Waals surface area contributed by atoms with Crippen molar-refractivity contribution in [3.63, 3.8) is 0 Å². The Labute approximate surface area is 444 Å². The molecule has 1 aliphatic carbocycles. The summed E-state index contributed by atoms with van der Waals surface area (Å²) in [4.78, 5) is 75.3. The summed E-state index contributed by atoms with van der Waals surface area (Å²) in [6, 6.07) is 17.6. The smallest absolute Gasteiger partial charge is 0.442 e. The van der Waals surface area contributed by atoms with Crippen LogP contribution in [0, 0.1) is 25.6 Å². The van der Waals surface area contributed by atoms with Gasteiger partial charge < -0.3 is 23.8 Å². The SMILES string of the molecule is Cc1cc(-n2nc3c(c2-n2ccn(-c4ccc(C(=O)N5CCS(=O)(=NC(=O)OC(C)(C)C)CC5)cc4)c2=O)[C@H](C)N(C(=O)c2cc4cc([C@H]5CCOC(C)(C)C5)ccc4n2[C@@]2(c4noc(=O)[nH]4)C[C@@H]2C)CC3)cc(C)c1F. The number of aryl methyl sites for hydroxylation is 2. The number of rotatable bonds is 8. The summed E-state index contributed by atoms with van der Waals surface area (Å²) < 4.78 is 55.5. The monoisotopic (exact) mass is 1070 g/mol. The van der Waals surface area contributed by atoms with E-state index in [0.29, 0.717) is 76.1 Å². The predicted octanol–water partition coefficient (Wildman–Crippen LogP) is 8.28. The minimum absolute atomic E-state index is 0.0156. The van der Waals surface area contributed by atoms with Crippen molar-refractivity contribution < 1.29 is 37.0 Å². The Morgan fingerprint density at radius 1 is 0.896 bits per heavy atom. The number of H-pyrrole nitrogens is 1. The number of hydrogen-bond donors (Lipinski definition) is 1. The molecule has 4 atom stereocenters. The molecule has 1 saturated carbocycles. The van der Waals surface area contributed by atoms with Crippen LogP contribution in [0.4, 0.5) is 9.18 Å². The minimum Gasteiger partial charge on any atom is -0.442 e. The highest BCUT2D eigenvalue weighted by atomic mass is 32.2. The standard InChI is InChI=1S/C56H63FN10O9S/c1-32-26-41(27-33(2)46(32)57)67-47(65-20-19-64(53(65)72)40-13-10-36(11-14-40)48(68)62-21-24-77(73,25-22-62)61-52(71)75-54(5,6)7)45-35(4)63(18-16-42(45)59-67)49(69)44-29-39-28-37(38-17-23-74-55(8,9)31-38)12-15-43(39)66(44)56(30-34(56)3)50-58-51(70)76-60-50/h10-15,19-20,26-29,34-35,38H,16-18,21-25,30-31H2,1-9H3,(H,58,60,70)/t34-,35-,38-,56-/m0/s1. The highest BCUT2D eigenvalue weighted by Crippen LogP contribution is 2.56. The molecule has 1 N–H and O–H groups in total. The number of benzene rings is 3. The first-order valence-electron chi connectivity index (χ1n) is 26.2. The molecule has 2 saturated heterocycles. The molecule has 0 bridgehead atoms. The number of imidazole rings is 1. The largest absolute Gasteiger partial charge is 0.442 e. The molecule has 0 unspecified atom stereocenters. The average Bonchev–Trinajstić information content (AvgIpc) is 4.06. The molecule has 11 rings (SSSR count). The number of nitrogens with one attached hydrogen (secondary N) is 1. The Bertz CT molecular complexity index is 3770. The van der Waals surface area contributed by atoms with E-state index in [4.69, 9.17) is 19.1 Å². The topological polar surface area (TPSA) is 214 Å². The van der Waals surface area contributed by atoms with E-state index in [1.807, 2.05) is 17.6 Å². The molecule has 4 aliphatic rings. The normalized spacial score (nSPS) is 22.0. The maximum Gasteiger partial charge on any atom is 0.442 e. The van der Waals surface area contributed by atoms with E-state index in [1.165, 1.54) is 9.13 Å². The van der Waals surface area contributed by atoms with Crippen LogP contribution in [-0.2, 0) is 31.2 Å². The molecular weight excluding hydrogens is 1010 g/mol. The number of fused-ring (bicyclic) bond motifs is 2. The van der Waals surface area contributed by atoms with Gasteiger partial charge in [0, 0.05) is 67.1 Å². The first kappa shape index (κ1) is 51.7. The van der Waals surface area contributed by atoms with Crippen LogP contribution >= 0.6 is 0 Å². The molecule has 7 aromatic rings. The van der Waals surface area contributed by atoms with Crippen LogP contribution in [0.15, 0.2) is 91.5 Å². The molecule has 7 heterocycles. The van der Waals surface area contributed by atoms with Gasteiger partial charge in [-0.2, -0.15) is 5.10 Å². The highest BCUT2D eigenvalue weighted by molar-refractivity contribution is 7.94. The summed E-state index contributed by atoms with van der Waals surface area (Å²) in [5.41, 5.74) is 3.41. The van der Waals surface area contributed by atoms with Crippen LogP contribution in [-0.4, -0.2) is 114 Å². The lowest BCUT2D eigenvalue weighted by atomic mass is 9.83. The molecule has 0 radical (unpaired) electrons. The van der Waals surface area contributed by atoms with Crippen molar-refractivity contribution in [2.24, 2.45) is 10.3 Å². The van der Waals surface area contributed by atoms with Gasteiger partial charge in [0.2, 0.25) is 0 Å². The van der Waals surface area contributed by atoms with Gasteiger partial charge in [-0.3, -0.25) is 28.2 Å². The van der Waals surface area contributed by atoms with E-state index in [2.05, 4.69) is 53.5 Å². The Kier molecular flexibility index (Phi) is 12.5.